The van der Waals surface area contributed by atoms with Crippen molar-refractivity contribution in [3.8, 4) is 0 Å². The molecule has 0 aliphatic heterocycles. The monoisotopic (exact) mass is 313 g/mol. The number of carbonyl (C=O) groups is 1. The maximum absolute atomic E-state index is 13.2. The topological polar surface area (TPSA) is 54.0 Å². The number of rotatable bonds is 4. The van der Waals surface area contributed by atoms with Crippen LogP contribution >= 0.6 is 0 Å². The van der Waals surface area contributed by atoms with E-state index in [2.05, 4.69) is 15.6 Å². The zero-order valence-electron chi connectivity index (χ0n) is 12.6. The van der Waals surface area contributed by atoms with E-state index in [1.807, 2.05) is 0 Å². The van der Waals surface area contributed by atoms with Crippen LogP contribution in [0.5, 0.6) is 0 Å². The van der Waals surface area contributed by atoms with Gasteiger partial charge >= 0.3 is 6.03 Å². The first kappa shape index (κ1) is 15.2. The Hall–Kier alpha value is -1.72. The van der Waals surface area contributed by atoms with Crippen LogP contribution in [0.15, 0.2) is 18.3 Å². The molecule has 2 N–H and O–H groups in total. The third-order valence-corrected chi connectivity index (χ3v) is 4.78. The second-order valence-corrected chi connectivity index (χ2v) is 6.55. The normalized spacial score (nSPS) is 27.0. The van der Waals surface area contributed by atoms with Crippen LogP contribution in [-0.4, -0.2) is 17.1 Å². The summed E-state index contributed by atoms with van der Waals surface area (Å²) in [6.07, 6.45) is 6.13. The summed E-state index contributed by atoms with van der Waals surface area (Å²) in [6.45, 7) is 1.03. The van der Waals surface area contributed by atoms with Gasteiger partial charge in [0.15, 0.2) is 0 Å². The van der Waals surface area contributed by atoms with E-state index in [1.165, 1.54) is 31.5 Å². The van der Waals surface area contributed by atoms with Crippen molar-refractivity contribution < 1.29 is 16.4 Å². The molecule has 2 amide bonds. The first-order chi connectivity index (χ1) is 10.4. The third kappa shape index (κ3) is 3.36. The Bertz CT molecular complexity index is 568. The summed E-state index contributed by atoms with van der Waals surface area (Å²) in [5, 5.41) is 5.75. The van der Waals surface area contributed by atoms with Crippen LogP contribution in [0.3, 0.4) is 0 Å². The Morgan fingerprint density at radius 2 is 2.27 bits per heavy atom. The van der Waals surface area contributed by atoms with Gasteiger partial charge < -0.3 is 10.6 Å². The van der Waals surface area contributed by atoms with E-state index < -0.39 is 5.92 Å². The molecule has 6 heteroatoms. The van der Waals surface area contributed by atoms with Crippen LogP contribution in [0.1, 0.15) is 46.7 Å². The third-order valence-electron chi connectivity index (χ3n) is 4.78. The lowest BCUT2D eigenvalue weighted by Crippen LogP contribution is -2.44. The molecule has 2 aliphatic carbocycles. The standard InChI is InChI=1S/C16H21F2N3O.2H2/c1-16(17,18)14-8-11(4-5-19-14)9-20-15(22)21-13-7-10-2-3-12(13)6-10;;/h4-5,8,10,12-13H,2-3,6-7,9H2,1H3,(H2,20,21,22);2*1H/t10-,12?,13+;;/m1../s1. The molecule has 0 radical (unpaired) electrons. The molecule has 124 valence electrons. The fourth-order valence-electron chi connectivity index (χ4n) is 3.65. The summed E-state index contributed by atoms with van der Waals surface area (Å²) < 4.78 is 26.5. The van der Waals surface area contributed by atoms with Crippen LogP contribution < -0.4 is 10.6 Å². The van der Waals surface area contributed by atoms with Crippen molar-refractivity contribution in [3.05, 3.63) is 29.6 Å². The van der Waals surface area contributed by atoms with Crippen molar-refractivity contribution in [2.24, 2.45) is 11.8 Å². The number of carbonyl (C=O) groups excluding carboxylic acids is 1. The lowest BCUT2D eigenvalue weighted by Gasteiger charge is -2.23. The van der Waals surface area contributed by atoms with Crippen molar-refractivity contribution in [1.29, 1.82) is 0 Å². The number of nitrogens with one attached hydrogen (secondary N) is 2. The molecule has 4 nitrogen and oxygen atoms in total. The maximum Gasteiger partial charge on any atom is 0.315 e. The Balaban J connectivity index is 0.00000144. The van der Waals surface area contributed by atoms with Crippen LogP contribution in [0, 0.1) is 11.8 Å². The number of urea groups is 1. The number of hydrogen-bond acceptors (Lipinski definition) is 2. The van der Waals surface area contributed by atoms with Gasteiger partial charge in [0.25, 0.3) is 5.92 Å². The number of halogens is 2. The van der Waals surface area contributed by atoms with E-state index in [0.29, 0.717) is 11.5 Å². The summed E-state index contributed by atoms with van der Waals surface area (Å²) in [7, 11) is 0. The van der Waals surface area contributed by atoms with Gasteiger partial charge in [0, 0.05) is 28.6 Å². The minimum absolute atomic E-state index is 0. The highest BCUT2D eigenvalue weighted by atomic mass is 19.3. The number of fused-ring (bicyclic) bond motifs is 2. The van der Waals surface area contributed by atoms with Gasteiger partial charge in [0.2, 0.25) is 0 Å². The number of amides is 2. The van der Waals surface area contributed by atoms with Gasteiger partial charge in [-0.05, 0) is 48.8 Å². The molecule has 2 fully saturated rings. The van der Waals surface area contributed by atoms with E-state index in [4.69, 9.17) is 0 Å². The lowest BCUT2D eigenvalue weighted by molar-refractivity contribution is 0.0127. The predicted octanol–water partition coefficient (Wildman–Crippen LogP) is 3.67. The van der Waals surface area contributed by atoms with Crippen molar-refractivity contribution in [2.45, 2.75) is 51.1 Å². The molecule has 22 heavy (non-hydrogen) atoms. The van der Waals surface area contributed by atoms with Gasteiger partial charge in [0.1, 0.15) is 5.69 Å². The van der Waals surface area contributed by atoms with Gasteiger partial charge in [-0.2, -0.15) is 8.78 Å². The molecule has 0 aromatic carbocycles. The molecule has 3 rings (SSSR count). The molecular formula is C16H25F2N3O. The van der Waals surface area contributed by atoms with Gasteiger partial charge in [-0.25, -0.2) is 4.79 Å². The fourth-order valence-corrected chi connectivity index (χ4v) is 3.65. The van der Waals surface area contributed by atoms with Crippen molar-refractivity contribution in [2.75, 3.05) is 0 Å². The van der Waals surface area contributed by atoms with E-state index in [1.54, 1.807) is 6.07 Å². The summed E-state index contributed by atoms with van der Waals surface area (Å²) in [6, 6.07) is 3.01. The minimum atomic E-state index is -2.97. The molecule has 0 spiro atoms. The van der Waals surface area contributed by atoms with Crippen LogP contribution in [-0.2, 0) is 12.5 Å². The molecule has 1 unspecified atom stereocenters. The van der Waals surface area contributed by atoms with Crippen molar-refractivity contribution in [3.63, 3.8) is 0 Å². The van der Waals surface area contributed by atoms with Crippen LogP contribution in [0.25, 0.3) is 0 Å². The number of pyridine rings is 1. The Labute approximate surface area is 131 Å². The summed E-state index contributed by atoms with van der Waals surface area (Å²) in [5.41, 5.74) is 0.343. The molecule has 1 aromatic rings. The molecule has 0 saturated heterocycles. The van der Waals surface area contributed by atoms with Crippen molar-refractivity contribution >= 4 is 6.03 Å². The molecule has 2 saturated carbocycles. The zero-order valence-corrected chi connectivity index (χ0v) is 12.6. The lowest BCUT2D eigenvalue weighted by atomic mass is 9.95. The number of nitrogens with zero attached hydrogens (tertiary/aromatic N) is 1. The van der Waals surface area contributed by atoms with Gasteiger partial charge in [-0.1, -0.05) is 6.42 Å². The first-order valence-electron chi connectivity index (χ1n) is 7.79. The SMILES string of the molecule is CC(F)(F)c1cc(CNC(=O)N[C@H]2C[C@@H]3CCC2C3)ccn1.[HH].[HH]. The summed E-state index contributed by atoms with van der Waals surface area (Å²) in [4.78, 5) is 15.6. The number of hydrogen-bond donors (Lipinski definition) is 2. The van der Waals surface area contributed by atoms with E-state index in [0.717, 1.165) is 19.3 Å². The highest BCUT2D eigenvalue weighted by Gasteiger charge is 2.40. The largest absolute Gasteiger partial charge is 0.335 e. The van der Waals surface area contributed by atoms with Gasteiger partial charge in [-0.15, -0.1) is 0 Å². The first-order valence-corrected chi connectivity index (χ1v) is 7.79. The Morgan fingerprint density at radius 1 is 1.45 bits per heavy atom. The molecule has 1 aromatic heterocycles. The second kappa shape index (κ2) is 5.82. The molecule has 2 bridgehead atoms. The number of aromatic nitrogens is 1. The molecule has 3 atom stereocenters. The second-order valence-electron chi connectivity index (χ2n) is 6.55. The molecule has 2 aliphatic rings. The fraction of sp³-hybridized carbons (Fsp3) is 0.625. The van der Waals surface area contributed by atoms with E-state index in [9.17, 15) is 13.6 Å². The predicted molar refractivity (Wildman–Crippen MR) is 82.6 cm³/mol. The number of alkyl halides is 2. The van der Waals surface area contributed by atoms with Crippen LogP contribution in [0.4, 0.5) is 13.6 Å². The highest BCUT2D eigenvalue weighted by molar-refractivity contribution is 5.74. The molecular weight excluding hydrogens is 288 g/mol. The average Bonchev–Trinajstić information content (AvgIpc) is 3.07. The quantitative estimate of drug-likeness (QED) is 0.891. The average molecular weight is 313 g/mol. The Kier molecular flexibility index (Phi) is 4.02. The summed E-state index contributed by atoms with van der Waals surface area (Å²) in [5.74, 6) is -1.59. The smallest absolute Gasteiger partial charge is 0.315 e. The van der Waals surface area contributed by atoms with Gasteiger partial charge in [-0.3, -0.25) is 4.98 Å². The van der Waals surface area contributed by atoms with E-state index >= 15 is 0 Å². The zero-order chi connectivity index (χ0) is 15.7. The Morgan fingerprint density at radius 3 is 2.91 bits per heavy atom. The van der Waals surface area contributed by atoms with E-state index in [-0.39, 0.29) is 27.2 Å². The highest BCUT2D eigenvalue weighted by Crippen LogP contribution is 2.44. The van der Waals surface area contributed by atoms with Crippen LogP contribution in [0.2, 0.25) is 0 Å². The minimum Gasteiger partial charge on any atom is -0.335 e. The summed E-state index contributed by atoms with van der Waals surface area (Å²) >= 11 is 0. The molecule has 1 heterocycles. The van der Waals surface area contributed by atoms with Gasteiger partial charge in [0.05, 0.1) is 0 Å². The maximum atomic E-state index is 13.2. The van der Waals surface area contributed by atoms with Crippen molar-refractivity contribution in [1.82, 2.24) is 15.6 Å².